The van der Waals surface area contributed by atoms with E-state index in [-0.39, 0.29) is 5.54 Å². The molecule has 0 spiro atoms. The van der Waals surface area contributed by atoms with Gasteiger partial charge in [-0.15, -0.1) is 11.3 Å². The highest BCUT2D eigenvalue weighted by Crippen LogP contribution is 2.08. The lowest BCUT2D eigenvalue weighted by Crippen LogP contribution is -2.45. The maximum Gasteiger partial charge on any atom is 0.0897 e. The van der Waals surface area contributed by atoms with E-state index < -0.39 is 0 Å². The van der Waals surface area contributed by atoms with Crippen molar-refractivity contribution in [2.45, 2.75) is 39.3 Å². The second-order valence-electron chi connectivity index (χ2n) is 3.97. The lowest BCUT2D eigenvalue weighted by atomic mass is 10.0. The first-order valence-corrected chi connectivity index (χ1v) is 5.82. The molecule has 0 aliphatic heterocycles. The van der Waals surface area contributed by atoms with Crippen LogP contribution in [0, 0.1) is 6.92 Å². The molecule has 0 bridgehead atoms. The van der Waals surface area contributed by atoms with Crippen LogP contribution in [-0.4, -0.2) is 17.1 Å². The van der Waals surface area contributed by atoms with E-state index in [0.717, 1.165) is 30.2 Å². The van der Waals surface area contributed by atoms with Gasteiger partial charge in [0, 0.05) is 24.0 Å². The summed E-state index contributed by atoms with van der Waals surface area (Å²) in [6, 6.07) is 0. The highest BCUT2D eigenvalue weighted by atomic mass is 32.1. The van der Waals surface area contributed by atoms with E-state index in [9.17, 15) is 0 Å². The molecule has 1 aromatic rings. The minimum Gasteiger partial charge on any atom is -0.324 e. The SMILES string of the molecule is CCC(C)(N)CNCc1csc(C)n1. The summed E-state index contributed by atoms with van der Waals surface area (Å²) in [5.41, 5.74) is 7.01. The quantitative estimate of drug-likeness (QED) is 0.782. The zero-order chi connectivity index (χ0) is 10.6. The van der Waals surface area contributed by atoms with Gasteiger partial charge in [-0.2, -0.15) is 0 Å². The van der Waals surface area contributed by atoms with Crippen molar-refractivity contribution in [3.8, 4) is 0 Å². The Morgan fingerprint density at radius 2 is 2.36 bits per heavy atom. The lowest BCUT2D eigenvalue weighted by molar-refractivity contribution is 0.415. The molecule has 1 atom stereocenters. The molecule has 80 valence electrons. The molecule has 0 fully saturated rings. The zero-order valence-electron chi connectivity index (χ0n) is 9.13. The number of nitrogens with one attached hydrogen (secondary N) is 1. The molecule has 1 aromatic heterocycles. The van der Waals surface area contributed by atoms with Gasteiger partial charge in [-0.3, -0.25) is 0 Å². The summed E-state index contributed by atoms with van der Waals surface area (Å²) in [7, 11) is 0. The number of rotatable bonds is 5. The Balaban J connectivity index is 2.28. The van der Waals surface area contributed by atoms with Gasteiger partial charge in [0.2, 0.25) is 0 Å². The Kier molecular flexibility index (Phi) is 4.04. The minimum absolute atomic E-state index is 0.106. The third kappa shape index (κ3) is 3.74. The van der Waals surface area contributed by atoms with E-state index >= 15 is 0 Å². The molecule has 0 radical (unpaired) electrons. The molecule has 1 heterocycles. The van der Waals surface area contributed by atoms with Crippen molar-refractivity contribution >= 4 is 11.3 Å². The average Bonchev–Trinajstić information content (AvgIpc) is 2.51. The van der Waals surface area contributed by atoms with Crippen LogP contribution in [0.4, 0.5) is 0 Å². The van der Waals surface area contributed by atoms with Crippen molar-refractivity contribution in [2.24, 2.45) is 5.73 Å². The molecule has 3 N–H and O–H groups in total. The Labute approximate surface area is 89.7 Å². The van der Waals surface area contributed by atoms with Crippen LogP contribution in [-0.2, 0) is 6.54 Å². The fourth-order valence-corrected chi connectivity index (χ4v) is 1.70. The number of thiazole rings is 1. The molecule has 1 rings (SSSR count). The highest BCUT2D eigenvalue weighted by molar-refractivity contribution is 7.09. The van der Waals surface area contributed by atoms with Crippen molar-refractivity contribution in [2.75, 3.05) is 6.54 Å². The third-order valence-corrected chi connectivity index (χ3v) is 3.13. The zero-order valence-corrected chi connectivity index (χ0v) is 9.95. The van der Waals surface area contributed by atoms with Crippen LogP contribution in [0.1, 0.15) is 31.0 Å². The maximum atomic E-state index is 6.01. The fraction of sp³-hybridized carbons (Fsp3) is 0.700. The summed E-state index contributed by atoms with van der Waals surface area (Å²) in [5, 5.41) is 6.53. The summed E-state index contributed by atoms with van der Waals surface area (Å²) in [5.74, 6) is 0. The van der Waals surface area contributed by atoms with Crippen LogP contribution in [0.25, 0.3) is 0 Å². The molecule has 0 aromatic carbocycles. The number of nitrogens with two attached hydrogens (primary N) is 1. The van der Waals surface area contributed by atoms with Crippen molar-refractivity contribution in [1.29, 1.82) is 0 Å². The Bertz CT molecular complexity index is 281. The van der Waals surface area contributed by atoms with Gasteiger partial charge in [-0.05, 0) is 20.3 Å². The highest BCUT2D eigenvalue weighted by Gasteiger charge is 2.14. The van der Waals surface area contributed by atoms with Crippen LogP contribution in [0.15, 0.2) is 5.38 Å². The molecule has 4 heteroatoms. The average molecular weight is 213 g/mol. The van der Waals surface area contributed by atoms with Crippen LogP contribution < -0.4 is 11.1 Å². The number of nitrogens with zero attached hydrogens (tertiary/aromatic N) is 1. The van der Waals surface area contributed by atoms with E-state index in [4.69, 9.17) is 5.73 Å². The number of hydrogen-bond donors (Lipinski definition) is 2. The molecule has 0 saturated heterocycles. The Morgan fingerprint density at radius 3 is 2.86 bits per heavy atom. The fourth-order valence-electron chi connectivity index (χ4n) is 1.09. The molecular weight excluding hydrogens is 194 g/mol. The number of aromatic nitrogens is 1. The van der Waals surface area contributed by atoms with Gasteiger partial charge >= 0.3 is 0 Å². The van der Waals surface area contributed by atoms with E-state index in [1.165, 1.54) is 0 Å². The summed E-state index contributed by atoms with van der Waals surface area (Å²) in [4.78, 5) is 4.37. The van der Waals surface area contributed by atoms with Gasteiger partial charge in [0.05, 0.1) is 10.7 Å². The topological polar surface area (TPSA) is 50.9 Å². The molecule has 14 heavy (non-hydrogen) atoms. The van der Waals surface area contributed by atoms with Gasteiger partial charge in [0.15, 0.2) is 0 Å². The maximum absolute atomic E-state index is 6.01. The molecule has 0 saturated carbocycles. The molecule has 1 unspecified atom stereocenters. The van der Waals surface area contributed by atoms with E-state index in [2.05, 4.69) is 29.5 Å². The number of aryl methyl sites for hydroxylation is 1. The first-order valence-electron chi connectivity index (χ1n) is 4.94. The smallest absolute Gasteiger partial charge is 0.0897 e. The standard InChI is InChI=1S/C10H19N3S/c1-4-10(3,11)7-12-5-9-6-14-8(2)13-9/h6,12H,4-5,7,11H2,1-3H3. The van der Waals surface area contributed by atoms with Gasteiger partial charge in [0.1, 0.15) is 0 Å². The normalized spacial score (nSPS) is 15.4. The van der Waals surface area contributed by atoms with Crippen molar-refractivity contribution < 1.29 is 0 Å². The van der Waals surface area contributed by atoms with Gasteiger partial charge < -0.3 is 11.1 Å². The Morgan fingerprint density at radius 1 is 1.64 bits per heavy atom. The number of hydrogen-bond acceptors (Lipinski definition) is 4. The van der Waals surface area contributed by atoms with Crippen molar-refractivity contribution in [3.05, 3.63) is 16.1 Å². The summed E-state index contributed by atoms with van der Waals surface area (Å²) < 4.78 is 0. The molecule has 0 aliphatic rings. The van der Waals surface area contributed by atoms with Gasteiger partial charge in [-0.25, -0.2) is 4.98 Å². The monoisotopic (exact) mass is 213 g/mol. The predicted molar refractivity (Wildman–Crippen MR) is 61.4 cm³/mol. The molecule has 0 aliphatic carbocycles. The van der Waals surface area contributed by atoms with Gasteiger partial charge in [-0.1, -0.05) is 6.92 Å². The first-order chi connectivity index (χ1) is 6.53. The summed E-state index contributed by atoms with van der Waals surface area (Å²) in [6.45, 7) is 7.84. The third-order valence-electron chi connectivity index (χ3n) is 2.31. The molecular formula is C10H19N3S. The van der Waals surface area contributed by atoms with Crippen LogP contribution in [0.3, 0.4) is 0 Å². The largest absolute Gasteiger partial charge is 0.324 e. The molecule has 0 amide bonds. The van der Waals surface area contributed by atoms with Crippen molar-refractivity contribution in [3.63, 3.8) is 0 Å². The second-order valence-corrected chi connectivity index (χ2v) is 5.03. The Hall–Kier alpha value is -0.450. The predicted octanol–water partition coefficient (Wildman–Crippen LogP) is 1.67. The van der Waals surface area contributed by atoms with Crippen LogP contribution in [0.2, 0.25) is 0 Å². The second kappa shape index (κ2) is 4.87. The minimum atomic E-state index is -0.106. The summed E-state index contributed by atoms with van der Waals surface area (Å²) >= 11 is 1.69. The van der Waals surface area contributed by atoms with E-state index in [0.29, 0.717) is 0 Å². The van der Waals surface area contributed by atoms with Crippen LogP contribution >= 0.6 is 11.3 Å². The lowest BCUT2D eigenvalue weighted by Gasteiger charge is -2.22. The first kappa shape index (κ1) is 11.6. The van der Waals surface area contributed by atoms with Gasteiger partial charge in [0.25, 0.3) is 0 Å². The van der Waals surface area contributed by atoms with Crippen LogP contribution in [0.5, 0.6) is 0 Å². The van der Waals surface area contributed by atoms with E-state index in [1.54, 1.807) is 11.3 Å². The summed E-state index contributed by atoms with van der Waals surface area (Å²) in [6.07, 6.45) is 0.982. The van der Waals surface area contributed by atoms with E-state index in [1.807, 2.05) is 6.92 Å². The molecule has 3 nitrogen and oxygen atoms in total. The van der Waals surface area contributed by atoms with Crippen molar-refractivity contribution in [1.82, 2.24) is 10.3 Å².